The van der Waals surface area contributed by atoms with Crippen LogP contribution >= 0.6 is 0 Å². The third-order valence-electron chi connectivity index (χ3n) is 8.23. The zero-order valence-electron chi connectivity index (χ0n) is 29.0. The van der Waals surface area contributed by atoms with Crippen molar-refractivity contribution in [3.63, 3.8) is 0 Å². The summed E-state index contributed by atoms with van der Waals surface area (Å²) in [5, 5.41) is 9.92. The number of pyridine rings is 2. The number of hydrogen-bond donors (Lipinski definition) is 2. The minimum Gasteiger partial charge on any atom is -0.444 e. The fourth-order valence-corrected chi connectivity index (χ4v) is 5.66. The molecule has 5 rings (SSSR count). The smallest absolute Gasteiger partial charge is 0.414 e. The van der Waals surface area contributed by atoms with E-state index in [1.165, 1.54) is 39.7 Å². The van der Waals surface area contributed by atoms with Gasteiger partial charge in [-0.05, 0) is 72.9 Å². The van der Waals surface area contributed by atoms with Gasteiger partial charge in [-0.25, -0.2) is 19.0 Å². The van der Waals surface area contributed by atoms with E-state index in [0.717, 1.165) is 12.8 Å². The molecule has 2 N–H and O–H groups in total. The Morgan fingerprint density at radius 2 is 1.78 bits per heavy atom. The molecular weight excluding hydrogens is 641 g/mol. The number of carbonyl (C=O) groups excluding carboxylic acids is 3. The van der Waals surface area contributed by atoms with Gasteiger partial charge in [0.25, 0.3) is 11.5 Å². The zero-order chi connectivity index (χ0) is 35.8. The highest BCUT2D eigenvalue weighted by molar-refractivity contribution is 6.07. The number of hydrogen-bond acceptors (Lipinski definition) is 11. The van der Waals surface area contributed by atoms with Crippen molar-refractivity contribution in [2.45, 2.75) is 96.4 Å². The summed E-state index contributed by atoms with van der Waals surface area (Å²) in [7, 11) is 3.04. The number of aromatic nitrogens is 3. The van der Waals surface area contributed by atoms with Crippen LogP contribution in [0.2, 0.25) is 0 Å². The topological polar surface area (TPSA) is 170 Å². The molecule has 0 radical (unpaired) electrons. The molecule has 3 amide bonds. The van der Waals surface area contributed by atoms with Gasteiger partial charge < -0.3 is 38.8 Å². The number of carbonyl (C=O) groups is 3. The summed E-state index contributed by atoms with van der Waals surface area (Å²) < 4.78 is 38.6. The first-order valence-electron chi connectivity index (χ1n) is 16.2. The summed E-state index contributed by atoms with van der Waals surface area (Å²) in [6, 6.07) is 3.51. The lowest BCUT2D eigenvalue weighted by Crippen LogP contribution is -2.51. The zero-order valence-corrected chi connectivity index (χ0v) is 29.0. The molecule has 0 aromatic carbocycles. The lowest BCUT2D eigenvalue weighted by molar-refractivity contribution is 0.00646. The van der Waals surface area contributed by atoms with Crippen molar-refractivity contribution in [3.8, 4) is 0 Å². The van der Waals surface area contributed by atoms with Crippen LogP contribution in [0.1, 0.15) is 77.4 Å². The SMILES string of the molecule is CO[C@@H]1CC[C@H]1NC(=O)c1onc2c(N(C)C(=O)OC(C)(C)C)cc(Nc3cccn([C@@H]4CCN(C(=O)OC(C)(C)C)C[C@H]4F)c3=O)nc12. The predicted molar refractivity (Wildman–Crippen MR) is 178 cm³/mol. The van der Waals surface area contributed by atoms with Crippen LogP contribution in [0.15, 0.2) is 33.7 Å². The van der Waals surface area contributed by atoms with Gasteiger partial charge in [0.15, 0.2) is 5.52 Å². The summed E-state index contributed by atoms with van der Waals surface area (Å²) in [6.45, 7) is 10.4. The summed E-state index contributed by atoms with van der Waals surface area (Å²) in [5.74, 6) is -0.680. The molecule has 1 aliphatic carbocycles. The van der Waals surface area contributed by atoms with Gasteiger partial charge in [0.05, 0.1) is 30.4 Å². The first-order chi connectivity index (χ1) is 23.0. The maximum Gasteiger partial charge on any atom is 0.414 e. The van der Waals surface area contributed by atoms with Crippen molar-refractivity contribution in [3.05, 3.63) is 40.5 Å². The second-order valence-electron chi connectivity index (χ2n) is 14.3. The number of methoxy groups -OCH3 is 1. The molecule has 1 saturated carbocycles. The van der Waals surface area contributed by atoms with E-state index in [-0.39, 0.29) is 65.6 Å². The maximum atomic E-state index is 15.5. The van der Waals surface area contributed by atoms with Crippen molar-refractivity contribution < 1.29 is 37.5 Å². The number of ether oxygens (including phenoxy) is 3. The Morgan fingerprint density at radius 1 is 1.06 bits per heavy atom. The fourth-order valence-electron chi connectivity index (χ4n) is 5.66. The Labute approximate surface area is 283 Å². The largest absolute Gasteiger partial charge is 0.444 e. The van der Waals surface area contributed by atoms with E-state index in [0.29, 0.717) is 0 Å². The van der Waals surface area contributed by atoms with Crippen LogP contribution in [0, 0.1) is 0 Å². The summed E-state index contributed by atoms with van der Waals surface area (Å²) in [5.41, 5.74) is -1.67. The molecule has 15 nitrogen and oxygen atoms in total. The third-order valence-corrected chi connectivity index (χ3v) is 8.23. The minimum absolute atomic E-state index is 0.0378. The second-order valence-corrected chi connectivity index (χ2v) is 14.3. The number of anilines is 3. The van der Waals surface area contributed by atoms with E-state index in [1.54, 1.807) is 54.7 Å². The van der Waals surface area contributed by atoms with Crippen molar-refractivity contribution in [2.24, 2.45) is 0 Å². The summed E-state index contributed by atoms with van der Waals surface area (Å²) in [6.07, 6.45) is 0.212. The van der Waals surface area contributed by atoms with Crippen molar-refractivity contribution >= 4 is 46.3 Å². The molecule has 2 fully saturated rings. The third kappa shape index (κ3) is 7.95. The molecule has 3 aromatic heterocycles. The van der Waals surface area contributed by atoms with Crippen LogP contribution in [0.25, 0.3) is 11.0 Å². The van der Waals surface area contributed by atoms with Crippen LogP contribution < -0.4 is 21.1 Å². The van der Waals surface area contributed by atoms with Gasteiger partial charge in [-0.1, -0.05) is 5.16 Å². The Kier molecular flexibility index (Phi) is 9.91. The quantitative estimate of drug-likeness (QED) is 0.346. The Morgan fingerprint density at radius 3 is 2.39 bits per heavy atom. The monoisotopic (exact) mass is 685 g/mol. The van der Waals surface area contributed by atoms with E-state index >= 15 is 4.39 Å². The van der Waals surface area contributed by atoms with Crippen molar-refractivity contribution in [1.82, 2.24) is 24.9 Å². The van der Waals surface area contributed by atoms with Crippen LogP contribution in [-0.2, 0) is 14.2 Å². The number of rotatable bonds is 7. The fraction of sp³-hybridized carbons (Fsp3) is 0.576. The normalized spacial score (nSPS) is 21.1. The molecule has 16 heteroatoms. The molecule has 0 spiro atoms. The molecule has 49 heavy (non-hydrogen) atoms. The number of fused-ring (bicyclic) bond motifs is 1. The molecule has 4 heterocycles. The standard InChI is InChI=1S/C33H44FN7O8/c1-32(2,3)47-30(44)39(7)22-16-24(37-26-25(22)38-49-27(26)28(42)36-19-11-12-23(19)46-8)35-20-10-9-14-41(29(20)43)21-13-15-40(17-18(21)34)31(45)48-33(4,5)6/h9-10,14,16,18-19,21,23H,11-13,15,17H2,1-8H3,(H,35,37)(H,36,42)/t18-,19-,21-,23-/m1/s1. The van der Waals surface area contributed by atoms with Crippen molar-refractivity contribution in [1.29, 1.82) is 0 Å². The number of amides is 3. The molecule has 3 aromatic rings. The van der Waals surface area contributed by atoms with Gasteiger partial charge in [-0.15, -0.1) is 0 Å². The Balaban J connectivity index is 1.45. The first kappa shape index (κ1) is 35.6. The van der Waals surface area contributed by atoms with Crippen LogP contribution in [0.4, 0.5) is 31.2 Å². The van der Waals surface area contributed by atoms with Crippen LogP contribution in [0.5, 0.6) is 0 Å². The lowest BCUT2D eigenvalue weighted by atomic mass is 9.89. The van der Waals surface area contributed by atoms with E-state index in [9.17, 15) is 19.2 Å². The van der Waals surface area contributed by atoms with Crippen LogP contribution in [-0.4, -0.2) is 94.5 Å². The average Bonchev–Trinajstić information content (AvgIpc) is 3.42. The van der Waals surface area contributed by atoms with Gasteiger partial charge in [0, 0.05) is 33.0 Å². The number of nitrogens with one attached hydrogen (secondary N) is 2. The molecular formula is C33H44FN7O8. The number of alkyl halides is 1. The first-order valence-corrected chi connectivity index (χ1v) is 16.2. The lowest BCUT2D eigenvalue weighted by Gasteiger charge is -2.36. The molecule has 4 atom stereocenters. The molecule has 1 aliphatic heterocycles. The number of likely N-dealkylation sites (tertiary alicyclic amines) is 1. The highest BCUT2D eigenvalue weighted by Gasteiger charge is 2.36. The molecule has 2 aliphatic rings. The Bertz CT molecular complexity index is 1780. The highest BCUT2D eigenvalue weighted by Crippen LogP contribution is 2.33. The average molecular weight is 686 g/mol. The van der Waals surface area contributed by atoms with Gasteiger partial charge in [0.2, 0.25) is 5.76 Å². The second kappa shape index (κ2) is 13.6. The van der Waals surface area contributed by atoms with E-state index in [2.05, 4.69) is 20.8 Å². The number of nitrogens with zero attached hydrogens (tertiary/aromatic N) is 5. The van der Waals surface area contributed by atoms with E-state index < -0.39 is 47.1 Å². The maximum absolute atomic E-state index is 15.5. The van der Waals surface area contributed by atoms with Crippen molar-refractivity contribution in [2.75, 3.05) is 37.5 Å². The predicted octanol–water partition coefficient (Wildman–Crippen LogP) is 4.93. The minimum atomic E-state index is -1.54. The molecule has 0 bridgehead atoms. The highest BCUT2D eigenvalue weighted by atomic mass is 19.1. The molecule has 0 unspecified atom stereocenters. The van der Waals surface area contributed by atoms with Gasteiger partial charge in [0.1, 0.15) is 34.4 Å². The summed E-state index contributed by atoms with van der Waals surface area (Å²) >= 11 is 0. The molecule has 1 saturated heterocycles. The van der Waals surface area contributed by atoms with Gasteiger partial charge >= 0.3 is 12.2 Å². The van der Waals surface area contributed by atoms with E-state index in [1.807, 2.05) is 0 Å². The van der Waals surface area contributed by atoms with Gasteiger partial charge in [-0.2, -0.15) is 0 Å². The number of halogens is 1. The van der Waals surface area contributed by atoms with Gasteiger partial charge in [-0.3, -0.25) is 14.5 Å². The Hall–Kier alpha value is -4.73. The number of piperidine rings is 1. The summed E-state index contributed by atoms with van der Waals surface area (Å²) in [4.78, 5) is 59.7. The van der Waals surface area contributed by atoms with E-state index in [4.69, 9.17) is 18.7 Å². The van der Waals surface area contributed by atoms with Crippen LogP contribution in [0.3, 0.4) is 0 Å². The molecule has 266 valence electrons.